The quantitative estimate of drug-likeness (QED) is 0.527. The van der Waals surface area contributed by atoms with Crippen molar-refractivity contribution in [3.8, 4) is 0 Å². The normalized spacial score (nSPS) is 10.3. The van der Waals surface area contributed by atoms with E-state index in [1.807, 2.05) is 39.8 Å². The van der Waals surface area contributed by atoms with E-state index >= 15 is 0 Å². The lowest BCUT2D eigenvalue weighted by atomic mass is 10.1. The maximum absolute atomic E-state index is 12.2. The third-order valence-electron chi connectivity index (χ3n) is 4.14. The van der Waals surface area contributed by atoms with Crippen LogP contribution in [-0.2, 0) is 14.3 Å². The first-order valence-electron chi connectivity index (χ1n) is 9.09. The zero-order valence-corrected chi connectivity index (χ0v) is 17.7. The number of carbonyl (C=O) groups excluding carboxylic acids is 4. The average Bonchev–Trinajstić information content (AvgIpc) is 2.98. The number of carbonyl (C=O) groups is 4. The summed E-state index contributed by atoms with van der Waals surface area (Å²) in [7, 11) is 0. The van der Waals surface area contributed by atoms with Gasteiger partial charge in [0.2, 0.25) is 0 Å². The number of ether oxygens (including phenoxy) is 1. The van der Waals surface area contributed by atoms with E-state index in [0.29, 0.717) is 11.3 Å². The number of thiophene rings is 1. The Labute approximate surface area is 173 Å². The standard InChI is InChI=1S/C21H24N2O5S/c1-12-5-6-17(13(2)9-12)22-21(27)23-19(25)11-28-20(26)8-7-18(24)16-10-14(3)29-15(16)4/h5-6,9-10H,7-8,11H2,1-4H3,(H2,22,23,25,27). The van der Waals surface area contributed by atoms with Crippen molar-refractivity contribution in [3.05, 3.63) is 50.7 Å². The van der Waals surface area contributed by atoms with Crippen molar-refractivity contribution in [2.45, 2.75) is 40.5 Å². The number of rotatable bonds is 7. The van der Waals surface area contributed by atoms with Gasteiger partial charge in [0.25, 0.3) is 5.91 Å². The van der Waals surface area contributed by atoms with E-state index in [1.54, 1.807) is 12.1 Å². The number of hydrogen-bond donors (Lipinski definition) is 2. The van der Waals surface area contributed by atoms with Crippen LogP contribution in [0, 0.1) is 27.7 Å². The Hall–Kier alpha value is -3.00. The van der Waals surface area contributed by atoms with Crippen LogP contribution in [-0.4, -0.2) is 30.3 Å². The predicted molar refractivity (Wildman–Crippen MR) is 111 cm³/mol. The average molecular weight is 416 g/mol. The second-order valence-electron chi connectivity index (χ2n) is 6.73. The molecule has 1 heterocycles. The number of anilines is 1. The molecule has 29 heavy (non-hydrogen) atoms. The van der Waals surface area contributed by atoms with Crippen molar-refractivity contribution in [1.29, 1.82) is 0 Å². The van der Waals surface area contributed by atoms with Gasteiger partial charge in [-0.15, -0.1) is 11.3 Å². The monoisotopic (exact) mass is 416 g/mol. The Morgan fingerprint density at radius 2 is 1.72 bits per heavy atom. The van der Waals surface area contributed by atoms with E-state index in [2.05, 4.69) is 10.6 Å². The van der Waals surface area contributed by atoms with Crippen molar-refractivity contribution >= 4 is 40.7 Å². The van der Waals surface area contributed by atoms with Crippen LogP contribution < -0.4 is 10.6 Å². The highest BCUT2D eigenvalue weighted by Gasteiger charge is 2.16. The largest absolute Gasteiger partial charge is 0.456 e. The van der Waals surface area contributed by atoms with Crippen LogP contribution in [0.25, 0.3) is 0 Å². The first-order chi connectivity index (χ1) is 13.7. The minimum atomic E-state index is -0.753. The summed E-state index contributed by atoms with van der Waals surface area (Å²) >= 11 is 1.53. The summed E-state index contributed by atoms with van der Waals surface area (Å²) in [5.41, 5.74) is 3.11. The second kappa shape index (κ2) is 9.97. The van der Waals surface area contributed by atoms with Crippen LogP contribution in [0.5, 0.6) is 0 Å². The van der Waals surface area contributed by atoms with E-state index in [9.17, 15) is 19.2 Å². The van der Waals surface area contributed by atoms with Crippen molar-refractivity contribution < 1.29 is 23.9 Å². The number of Topliss-reactive ketones (excluding diaryl/α,β-unsaturated/α-hetero) is 1. The van der Waals surface area contributed by atoms with Crippen LogP contribution in [0.1, 0.15) is 44.1 Å². The molecule has 2 rings (SSSR count). The van der Waals surface area contributed by atoms with Crippen molar-refractivity contribution in [1.82, 2.24) is 5.32 Å². The van der Waals surface area contributed by atoms with Crippen LogP contribution >= 0.6 is 11.3 Å². The molecule has 0 aliphatic rings. The molecule has 2 N–H and O–H groups in total. The second-order valence-corrected chi connectivity index (χ2v) is 8.19. The van der Waals surface area contributed by atoms with Gasteiger partial charge in [0.15, 0.2) is 12.4 Å². The zero-order chi connectivity index (χ0) is 21.6. The summed E-state index contributed by atoms with van der Waals surface area (Å²) < 4.78 is 4.84. The number of benzene rings is 1. The Morgan fingerprint density at radius 1 is 1.00 bits per heavy atom. The molecular formula is C21H24N2O5S. The highest BCUT2D eigenvalue weighted by atomic mass is 32.1. The molecule has 0 aliphatic heterocycles. The van der Waals surface area contributed by atoms with E-state index in [4.69, 9.17) is 4.74 Å². The van der Waals surface area contributed by atoms with Gasteiger partial charge in [-0.1, -0.05) is 17.7 Å². The van der Waals surface area contributed by atoms with Gasteiger partial charge in [-0.2, -0.15) is 0 Å². The van der Waals surface area contributed by atoms with Gasteiger partial charge in [-0.05, 0) is 45.4 Å². The summed E-state index contributed by atoms with van der Waals surface area (Å²) in [6.45, 7) is 6.95. The van der Waals surface area contributed by atoms with Gasteiger partial charge in [0.05, 0.1) is 6.42 Å². The summed E-state index contributed by atoms with van der Waals surface area (Å²) in [6.07, 6.45) is -0.125. The van der Waals surface area contributed by atoms with Gasteiger partial charge in [-0.25, -0.2) is 4.79 Å². The topological polar surface area (TPSA) is 102 Å². The third-order valence-corrected chi connectivity index (χ3v) is 5.11. The van der Waals surface area contributed by atoms with Crippen LogP contribution in [0.2, 0.25) is 0 Å². The Morgan fingerprint density at radius 3 is 2.34 bits per heavy atom. The Balaban J connectivity index is 1.72. The number of amides is 3. The molecule has 2 aromatic rings. The lowest BCUT2D eigenvalue weighted by molar-refractivity contribution is -0.148. The SMILES string of the molecule is Cc1ccc(NC(=O)NC(=O)COC(=O)CCC(=O)c2cc(C)sc2C)c(C)c1. The molecule has 7 nitrogen and oxygen atoms in total. The first kappa shape index (κ1) is 22.3. The first-order valence-corrected chi connectivity index (χ1v) is 9.91. The number of hydrogen-bond acceptors (Lipinski definition) is 6. The van der Waals surface area contributed by atoms with E-state index in [-0.39, 0.29) is 18.6 Å². The van der Waals surface area contributed by atoms with E-state index in [0.717, 1.165) is 20.9 Å². The van der Waals surface area contributed by atoms with E-state index < -0.39 is 24.5 Å². The number of urea groups is 1. The molecule has 0 atom stereocenters. The molecule has 0 radical (unpaired) electrons. The van der Waals surface area contributed by atoms with Crippen LogP contribution in [0.15, 0.2) is 24.3 Å². The van der Waals surface area contributed by atoms with E-state index in [1.165, 1.54) is 11.3 Å². The van der Waals surface area contributed by atoms with Crippen molar-refractivity contribution in [2.24, 2.45) is 0 Å². The third kappa shape index (κ3) is 6.83. The fourth-order valence-corrected chi connectivity index (χ4v) is 3.69. The summed E-state index contributed by atoms with van der Waals surface area (Å²) in [4.78, 5) is 49.5. The number of aryl methyl sites for hydroxylation is 4. The van der Waals surface area contributed by atoms with Crippen LogP contribution in [0.3, 0.4) is 0 Å². The molecule has 1 aromatic heterocycles. The van der Waals surface area contributed by atoms with Gasteiger partial charge < -0.3 is 10.1 Å². The highest BCUT2D eigenvalue weighted by Crippen LogP contribution is 2.22. The fraction of sp³-hybridized carbons (Fsp3) is 0.333. The molecule has 0 fully saturated rings. The predicted octanol–water partition coefficient (Wildman–Crippen LogP) is 3.84. The lowest BCUT2D eigenvalue weighted by Gasteiger charge is -2.10. The molecular weight excluding hydrogens is 392 g/mol. The van der Waals surface area contributed by atoms with Gasteiger partial charge in [0, 0.05) is 27.4 Å². The molecule has 1 aromatic carbocycles. The van der Waals surface area contributed by atoms with Crippen molar-refractivity contribution in [3.63, 3.8) is 0 Å². The number of ketones is 1. The maximum Gasteiger partial charge on any atom is 0.325 e. The van der Waals surface area contributed by atoms with Gasteiger partial charge >= 0.3 is 12.0 Å². The molecule has 0 saturated carbocycles. The Bertz CT molecular complexity index is 949. The number of imide groups is 1. The molecule has 0 spiro atoms. The molecule has 0 aliphatic carbocycles. The van der Waals surface area contributed by atoms with Gasteiger partial charge in [-0.3, -0.25) is 19.7 Å². The van der Waals surface area contributed by atoms with Crippen LogP contribution in [0.4, 0.5) is 10.5 Å². The summed E-state index contributed by atoms with van der Waals surface area (Å²) in [6, 6.07) is 6.57. The Kier molecular flexibility index (Phi) is 7.67. The zero-order valence-electron chi connectivity index (χ0n) is 16.9. The molecule has 0 bridgehead atoms. The summed E-state index contributed by atoms with van der Waals surface area (Å²) in [5.74, 6) is -1.56. The number of esters is 1. The summed E-state index contributed by atoms with van der Waals surface area (Å²) in [5, 5.41) is 4.66. The fourth-order valence-electron chi connectivity index (χ4n) is 2.75. The number of nitrogens with one attached hydrogen (secondary N) is 2. The molecule has 154 valence electrons. The lowest BCUT2D eigenvalue weighted by Crippen LogP contribution is -2.37. The molecule has 8 heteroatoms. The van der Waals surface area contributed by atoms with Crippen molar-refractivity contribution in [2.75, 3.05) is 11.9 Å². The smallest absolute Gasteiger partial charge is 0.325 e. The molecule has 3 amide bonds. The minimum absolute atomic E-state index is 0.00462. The molecule has 0 unspecified atom stereocenters. The molecule has 0 saturated heterocycles. The minimum Gasteiger partial charge on any atom is -0.456 e. The highest BCUT2D eigenvalue weighted by molar-refractivity contribution is 7.12. The van der Waals surface area contributed by atoms with Gasteiger partial charge in [0.1, 0.15) is 0 Å². The maximum atomic E-state index is 12.2.